The lowest BCUT2D eigenvalue weighted by molar-refractivity contribution is -0.138. The van der Waals surface area contributed by atoms with Crippen molar-refractivity contribution in [2.75, 3.05) is 43.9 Å². The zero-order chi connectivity index (χ0) is 28.4. The number of benzene rings is 2. The van der Waals surface area contributed by atoms with Crippen molar-refractivity contribution in [1.29, 1.82) is 0 Å². The second-order valence-corrected chi connectivity index (χ2v) is 8.22. The van der Waals surface area contributed by atoms with Crippen LogP contribution in [-0.4, -0.2) is 55.1 Å². The van der Waals surface area contributed by atoms with Crippen LogP contribution in [0.4, 0.5) is 29.3 Å². The number of amides is 3. The fourth-order valence-electron chi connectivity index (χ4n) is 3.66. The van der Waals surface area contributed by atoms with Crippen molar-refractivity contribution < 1.29 is 32.2 Å². The van der Waals surface area contributed by atoms with Gasteiger partial charge in [0.05, 0.1) is 5.69 Å². The van der Waals surface area contributed by atoms with Gasteiger partial charge >= 0.3 is 12.2 Å². The third-order valence-corrected chi connectivity index (χ3v) is 5.64. The number of nitrogens with one attached hydrogen (secondary N) is 3. The molecule has 3 aromatic rings. The predicted molar refractivity (Wildman–Crippen MR) is 142 cm³/mol. The van der Waals surface area contributed by atoms with E-state index in [4.69, 9.17) is 9.47 Å². The van der Waals surface area contributed by atoms with E-state index in [2.05, 4.69) is 20.9 Å². The van der Waals surface area contributed by atoms with Crippen molar-refractivity contribution in [3.05, 3.63) is 72.1 Å². The highest BCUT2D eigenvalue weighted by Crippen LogP contribution is 2.41. The minimum Gasteiger partial charge on any atom is -0.492 e. The summed E-state index contributed by atoms with van der Waals surface area (Å²) in [6.07, 6.45) is -3.35. The molecule has 0 radical (unpaired) electrons. The first kappa shape index (κ1) is 29.2. The fourth-order valence-corrected chi connectivity index (χ4v) is 3.66. The maximum Gasteiger partial charge on any atom is 0.421 e. The molecule has 0 fully saturated rings. The molecule has 1 aromatic heterocycles. The molecule has 0 saturated carbocycles. The normalized spacial score (nSPS) is 11.2. The molecule has 12 heteroatoms. The molecule has 2 aromatic carbocycles. The van der Waals surface area contributed by atoms with E-state index in [1.165, 1.54) is 37.5 Å². The Labute approximate surface area is 224 Å². The van der Waals surface area contributed by atoms with Crippen LogP contribution >= 0.6 is 0 Å². The van der Waals surface area contributed by atoms with Crippen LogP contribution in [0.2, 0.25) is 0 Å². The topological polar surface area (TPSA) is 105 Å². The van der Waals surface area contributed by atoms with E-state index in [0.717, 1.165) is 19.2 Å². The van der Waals surface area contributed by atoms with E-state index in [-0.39, 0.29) is 29.6 Å². The number of nitrogens with zero attached hydrogens (tertiary/aromatic N) is 2. The summed E-state index contributed by atoms with van der Waals surface area (Å²) in [5.74, 6) is -0.0975. The van der Waals surface area contributed by atoms with Crippen molar-refractivity contribution in [3.8, 4) is 17.2 Å². The molecular formula is C27H30F3N5O4. The molecule has 0 unspecified atom stereocenters. The smallest absolute Gasteiger partial charge is 0.421 e. The van der Waals surface area contributed by atoms with Crippen LogP contribution in [0.25, 0.3) is 0 Å². The van der Waals surface area contributed by atoms with E-state index in [9.17, 15) is 22.8 Å². The van der Waals surface area contributed by atoms with Crippen LogP contribution < -0.4 is 25.4 Å². The number of halogens is 3. The second kappa shape index (κ2) is 13.5. The Morgan fingerprint density at radius 3 is 2.38 bits per heavy atom. The lowest BCUT2D eigenvalue weighted by Crippen LogP contribution is -2.28. The number of hydrogen-bond acceptors (Lipinski definition) is 6. The lowest BCUT2D eigenvalue weighted by Gasteiger charge is -2.21. The van der Waals surface area contributed by atoms with E-state index in [1.54, 1.807) is 24.3 Å². The second-order valence-electron chi connectivity index (χ2n) is 8.22. The molecule has 0 bridgehead atoms. The highest BCUT2D eigenvalue weighted by molar-refractivity contribution is 6.00. The molecule has 0 spiro atoms. The standard InChI is InChI=1S/C27H30F3N5O4/c1-4-35(5-2)14-15-38-23-11-7-10-21(24(23)27(28,29)30)34-26(37)33-18-8-6-9-19(16-18)39-20-12-13-32-22(17-20)25(36)31-3/h6-13,16-17H,4-5,14-15H2,1-3H3,(H,31,36)(H2,33,34,37). The molecule has 3 amide bonds. The molecule has 0 aliphatic rings. The highest BCUT2D eigenvalue weighted by Gasteiger charge is 2.38. The molecule has 1 heterocycles. The Balaban J connectivity index is 1.71. The average molecular weight is 546 g/mol. The maximum absolute atomic E-state index is 14.0. The van der Waals surface area contributed by atoms with Crippen LogP contribution in [0.5, 0.6) is 17.2 Å². The summed E-state index contributed by atoms with van der Waals surface area (Å²) >= 11 is 0. The van der Waals surface area contributed by atoms with Gasteiger partial charge in [-0.05, 0) is 43.4 Å². The summed E-state index contributed by atoms with van der Waals surface area (Å²) in [5, 5.41) is 7.24. The molecule has 0 atom stereocenters. The Kier molecular flexibility index (Phi) is 10.1. The molecule has 0 aliphatic carbocycles. The van der Waals surface area contributed by atoms with E-state index in [0.29, 0.717) is 18.0 Å². The summed E-state index contributed by atoms with van der Waals surface area (Å²) in [6.45, 7) is 5.94. The van der Waals surface area contributed by atoms with Gasteiger partial charge in [0.1, 0.15) is 35.1 Å². The highest BCUT2D eigenvalue weighted by atomic mass is 19.4. The number of pyridine rings is 1. The number of aromatic nitrogens is 1. The average Bonchev–Trinajstić information content (AvgIpc) is 2.90. The van der Waals surface area contributed by atoms with Crippen LogP contribution in [0, 0.1) is 0 Å². The van der Waals surface area contributed by atoms with Gasteiger partial charge in [-0.15, -0.1) is 0 Å². The van der Waals surface area contributed by atoms with Gasteiger partial charge < -0.3 is 30.3 Å². The number of hydrogen-bond donors (Lipinski definition) is 3. The third-order valence-electron chi connectivity index (χ3n) is 5.64. The first-order valence-corrected chi connectivity index (χ1v) is 12.2. The van der Waals surface area contributed by atoms with Gasteiger partial charge in [0, 0.05) is 37.6 Å². The van der Waals surface area contributed by atoms with Gasteiger partial charge in [0.2, 0.25) is 0 Å². The zero-order valence-electron chi connectivity index (χ0n) is 21.8. The minimum absolute atomic E-state index is 0.0648. The van der Waals surface area contributed by atoms with E-state index < -0.39 is 23.5 Å². The van der Waals surface area contributed by atoms with Crippen molar-refractivity contribution in [1.82, 2.24) is 15.2 Å². The SMILES string of the molecule is CCN(CC)CCOc1cccc(NC(=O)Nc2cccc(Oc3ccnc(C(=O)NC)c3)c2)c1C(F)(F)F. The maximum atomic E-state index is 14.0. The molecule has 208 valence electrons. The molecule has 0 aliphatic heterocycles. The summed E-state index contributed by atoms with van der Waals surface area (Å²) < 4.78 is 53.1. The number of anilines is 2. The Morgan fingerprint density at radius 2 is 1.69 bits per heavy atom. The van der Waals surface area contributed by atoms with Crippen LogP contribution in [0.3, 0.4) is 0 Å². The summed E-state index contributed by atoms with van der Waals surface area (Å²) in [6, 6.07) is 12.1. The number of likely N-dealkylation sites (N-methyl/N-ethyl adjacent to an activating group) is 1. The molecule has 3 N–H and O–H groups in total. The lowest BCUT2D eigenvalue weighted by atomic mass is 10.1. The van der Waals surface area contributed by atoms with Crippen LogP contribution in [0.15, 0.2) is 60.8 Å². The molecule has 0 saturated heterocycles. The van der Waals surface area contributed by atoms with E-state index >= 15 is 0 Å². The number of rotatable bonds is 11. The predicted octanol–water partition coefficient (Wildman–Crippen LogP) is 5.62. The number of alkyl halides is 3. The quantitative estimate of drug-likeness (QED) is 0.289. The first-order chi connectivity index (χ1) is 18.6. The van der Waals surface area contributed by atoms with Gasteiger partial charge in [-0.3, -0.25) is 9.78 Å². The summed E-state index contributed by atoms with van der Waals surface area (Å²) in [7, 11) is 1.48. The van der Waals surface area contributed by atoms with Gasteiger partial charge in [-0.25, -0.2) is 4.79 Å². The molecule has 3 rings (SSSR count). The molecular weight excluding hydrogens is 515 g/mol. The fraction of sp³-hybridized carbons (Fsp3) is 0.296. The first-order valence-electron chi connectivity index (χ1n) is 12.2. The van der Waals surface area contributed by atoms with Gasteiger partial charge in [0.15, 0.2) is 0 Å². The largest absolute Gasteiger partial charge is 0.492 e. The summed E-state index contributed by atoms with van der Waals surface area (Å²) in [4.78, 5) is 30.4. The number of ether oxygens (including phenoxy) is 2. The van der Waals surface area contributed by atoms with Crippen molar-refractivity contribution in [3.63, 3.8) is 0 Å². The van der Waals surface area contributed by atoms with Crippen LogP contribution in [-0.2, 0) is 6.18 Å². The minimum atomic E-state index is -4.76. The number of urea groups is 1. The van der Waals surface area contributed by atoms with Gasteiger partial charge in [-0.2, -0.15) is 13.2 Å². The Bertz CT molecular complexity index is 1280. The molecule has 9 nitrogen and oxygen atoms in total. The van der Waals surface area contributed by atoms with Gasteiger partial charge in [0.25, 0.3) is 5.91 Å². The number of carbonyl (C=O) groups excluding carboxylic acids is 2. The van der Waals surface area contributed by atoms with Crippen LogP contribution in [0.1, 0.15) is 29.9 Å². The van der Waals surface area contributed by atoms with Gasteiger partial charge in [-0.1, -0.05) is 26.0 Å². The summed E-state index contributed by atoms with van der Waals surface area (Å²) in [5.41, 5.74) is -1.08. The Morgan fingerprint density at radius 1 is 0.974 bits per heavy atom. The van der Waals surface area contributed by atoms with Crippen molar-refractivity contribution >= 4 is 23.3 Å². The van der Waals surface area contributed by atoms with E-state index in [1.807, 2.05) is 18.7 Å². The Hall–Kier alpha value is -4.32. The third kappa shape index (κ3) is 8.34. The number of carbonyl (C=O) groups is 2. The van der Waals surface area contributed by atoms with Crippen molar-refractivity contribution in [2.45, 2.75) is 20.0 Å². The van der Waals surface area contributed by atoms with Crippen molar-refractivity contribution in [2.24, 2.45) is 0 Å². The zero-order valence-corrected chi connectivity index (χ0v) is 21.8. The molecule has 39 heavy (non-hydrogen) atoms. The monoisotopic (exact) mass is 545 g/mol.